The van der Waals surface area contributed by atoms with Crippen molar-refractivity contribution < 1.29 is 9.53 Å². The monoisotopic (exact) mass is 377 g/mol. The fourth-order valence-corrected chi connectivity index (χ4v) is 4.47. The highest BCUT2D eigenvalue weighted by molar-refractivity contribution is 8.01. The van der Waals surface area contributed by atoms with Crippen molar-refractivity contribution in [3.8, 4) is 0 Å². The Kier molecular flexibility index (Phi) is 6.69. The van der Waals surface area contributed by atoms with Crippen molar-refractivity contribution in [2.24, 2.45) is 0 Å². The maximum Gasteiger partial charge on any atom is 0.316 e. The van der Waals surface area contributed by atoms with Gasteiger partial charge in [-0.05, 0) is 30.9 Å². The summed E-state index contributed by atoms with van der Waals surface area (Å²) < 4.78 is 6.14. The second kappa shape index (κ2) is 9.20. The molecule has 0 radical (unpaired) electrons. The van der Waals surface area contributed by atoms with Gasteiger partial charge in [-0.15, -0.1) is 10.2 Å². The molecule has 1 heterocycles. The van der Waals surface area contributed by atoms with Gasteiger partial charge >= 0.3 is 5.97 Å². The third-order valence-corrected chi connectivity index (χ3v) is 6.26. The first-order valence-electron chi connectivity index (χ1n) is 8.63. The average molecular weight is 378 g/mol. The van der Waals surface area contributed by atoms with Gasteiger partial charge in [-0.1, -0.05) is 66.6 Å². The molecule has 0 atom stereocenters. The molecule has 0 spiro atoms. The van der Waals surface area contributed by atoms with Crippen LogP contribution in [0.1, 0.15) is 43.2 Å². The Balaban J connectivity index is 1.40. The zero-order valence-corrected chi connectivity index (χ0v) is 16.0. The van der Waals surface area contributed by atoms with E-state index in [4.69, 9.17) is 4.74 Å². The number of carbonyl (C=O) groups is 1. The normalized spacial score (nSPS) is 15.1. The van der Waals surface area contributed by atoms with Crippen LogP contribution in [0.2, 0.25) is 0 Å². The zero-order valence-electron chi connectivity index (χ0n) is 14.4. The third-order valence-electron chi connectivity index (χ3n) is 4.30. The molecule has 0 aliphatic heterocycles. The lowest BCUT2D eigenvalue weighted by molar-refractivity contribution is -0.141. The molecule has 25 heavy (non-hydrogen) atoms. The standard InChI is InChI=1S/C18H23N3O2S2/c1-13-7-5-6-8-14(13)11-23-16(22)12-24-18-21-20-17(25-18)19-15-9-3-2-4-10-15/h5-8,15H,2-4,9-12H2,1H3,(H,19,20). The molecule has 1 aliphatic rings. The highest BCUT2D eigenvalue weighted by atomic mass is 32.2. The molecule has 0 unspecified atom stereocenters. The molecule has 1 aliphatic carbocycles. The number of anilines is 1. The first-order chi connectivity index (χ1) is 12.2. The molecule has 1 aromatic heterocycles. The van der Waals surface area contributed by atoms with Crippen LogP contribution in [0, 0.1) is 6.92 Å². The highest BCUT2D eigenvalue weighted by Gasteiger charge is 2.15. The number of hydrogen-bond donors (Lipinski definition) is 1. The van der Waals surface area contributed by atoms with Crippen LogP contribution >= 0.6 is 23.1 Å². The average Bonchev–Trinajstić information content (AvgIpc) is 3.07. The van der Waals surface area contributed by atoms with E-state index in [9.17, 15) is 4.79 Å². The van der Waals surface area contributed by atoms with Crippen LogP contribution in [0.5, 0.6) is 0 Å². The van der Waals surface area contributed by atoms with Crippen LogP contribution in [0.3, 0.4) is 0 Å². The molecule has 1 saturated carbocycles. The lowest BCUT2D eigenvalue weighted by atomic mass is 9.96. The Morgan fingerprint density at radius 3 is 2.88 bits per heavy atom. The molecule has 0 bridgehead atoms. The Labute approximate surface area is 156 Å². The van der Waals surface area contributed by atoms with Gasteiger partial charge in [0, 0.05) is 6.04 Å². The number of nitrogens with zero attached hydrogens (tertiary/aromatic N) is 2. The summed E-state index contributed by atoms with van der Waals surface area (Å²) in [5.74, 6) is 0.0227. The predicted octanol–water partition coefficient (Wildman–Crippen LogP) is 4.43. The van der Waals surface area contributed by atoms with E-state index >= 15 is 0 Å². The molecule has 3 rings (SSSR count). The summed E-state index contributed by atoms with van der Waals surface area (Å²) in [5.41, 5.74) is 2.17. The van der Waals surface area contributed by atoms with Crippen LogP contribution in [0.15, 0.2) is 28.6 Å². The molecule has 0 saturated heterocycles. The Morgan fingerprint density at radius 2 is 2.08 bits per heavy atom. The highest BCUT2D eigenvalue weighted by Crippen LogP contribution is 2.28. The lowest BCUT2D eigenvalue weighted by Crippen LogP contribution is -2.21. The summed E-state index contributed by atoms with van der Waals surface area (Å²) in [5, 5.41) is 12.6. The van der Waals surface area contributed by atoms with Gasteiger partial charge in [0.1, 0.15) is 6.61 Å². The number of nitrogens with one attached hydrogen (secondary N) is 1. The van der Waals surface area contributed by atoms with Gasteiger partial charge in [0.05, 0.1) is 5.75 Å². The van der Waals surface area contributed by atoms with Gasteiger partial charge in [-0.3, -0.25) is 4.79 Å². The molecule has 1 N–H and O–H groups in total. The molecule has 1 aromatic carbocycles. The summed E-state index contributed by atoms with van der Waals surface area (Å²) in [6.07, 6.45) is 6.30. The van der Waals surface area contributed by atoms with Gasteiger partial charge < -0.3 is 10.1 Å². The number of thioether (sulfide) groups is 1. The minimum atomic E-state index is -0.231. The summed E-state index contributed by atoms with van der Waals surface area (Å²) in [6.45, 7) is 2.33. The van der Waals surface area contributed by atoms with Gasteiger partial charge in [0.2, 0.25) is 5.13 Å². The fraction of sp³-hybridized carbons (Fsp3) is 0.500. The molecular weight excluding hydrogens is 354 g/mol. The third kappa shape index (κ3) is 5.71. The van der Waals surface area contributed by atoms with E-state index in [2.05, 4.69) is 15.5 Å². The number of carbonyl (C=O) groups excluding carboxylic acids is 1. The van der Waals surface area contributed by atoms with E-state index in [0.29, 0.717) is 12.6 Å². The van der Waals surface area contributed by atoms with Crippen molar-refractivity contribution in [3.63, 3.8) is 0 Å². The molecule has 2 aromatic rings. The molecule has 7 heteroatoms. The molecule has 0 amide bonds. The lowest BCUT2D eigenvalue weighted by Gasteiger charge is -2.21. The number of esters is 1. The number of aryl methyl sites for hydroxylation is 1. The smallest absolute Gasteiger partial charge is 0.316 e. The largest absolute Gasteiger partial charge is 0.460 e. The van der Waals surface area contributed by atoms with Crippen molar-refractivity contribution in [3.05, 3.63) is 35.4 Å². The summed E-state index contributed by atoms with van der Waals surface area (Å²) in [4.78, 5) is 11.9. The Hall–Kier alpha value is -1.60. The zero-order chi connectivity index (χ0) is 17.5. The Bertz CT molecular complexity index is 699. The maximum atomic E-state index is 11.9. The molecular formula is C18H23N3O2S2. The topological polar surface area (TPSA) is 64.1 Å². The van der Waals surface area contributed by atoms with Crippen LogP contribution < -0.4 is 5.32 Å². The van der Waals surface area contributed by atoms with Gasteiger partial charge in [-0.25, -0.2) is 0 Å². The minimum absolute atomic E-state index is 0.231. The van der Waals surface area contributed by atoms with Crippen LogP contribution in [-0.4, -0.2) is 28.0 Å². The van der Waals surface area contributed by atoms with E-state index in [-0.39, 0.29) is 11.7 Å². The van der Waals surface area contributed by atoms with Gasteiger partial charge in [0.25, 0.3) is 0 Å². The van der Waals surface area contributed by atoms with Crippen molar-refractivity contribution in [2.75, 3.05) is 11.1 Å². The van der Waals surface area contributed by atoms with Crippen LogP contribution in [0.25, 0.3) is 0 Å². The molecule has 1 fully saturated rings. The Morgan fingerprint density at radius 1 is 1.28 bits per heavy atom. The summed E-state index contributed by atoms with van der Waals surface area (Å²) >= 11 is 2.89. The van der Waals surface area contributed by atoms with Crippen molar-refractivity contribution >= 4 is 34.2 Å². The number of hydrogen-bond acceptors (Lipinski definition) is 7. The summed E-state index contributed by atoms with van der Waals surface area (Å²) in [6, 6.07) is 8.43. The maximum absolute atomic E-state index is 11.9. The SMILES string of the molecule is Cc1ccccc1COC(=O)CSc1nnc(NC2CCCCC2)s1. The first kappa shape index (κ1) is 18.2. The van der Waals surface area contributed by atoms with Crippen molar-refractivity contribution in [1.82, 2.24) is 10.2 Å². The quantitative estimate of drug-likeness (QED) is 0.569. The molecule has 5 nitrogen and oxygen atoms in total. The van der Waals surface area contributed by atoms with E-state index in [1.165, 1.54) is 55.2 Å². The first-order valence-corrected chi connectivity index (χ1v) is 10.4. The van der Waals surface area contributed by atoms with Crippen molar-refractivity contribution in [2.45, 2.75) is 56.0 Å². The van der Waals surface area contributed by atoms with Gasteiger partial charge in [-0.2, -0.15) is 0 Å². The van der Waals surface area contributed by atoms with Crippen LogP contribution in [0.4, 0.5) is 5.13 Å². The fourth-order valence-electron chi connectivity index (χ4n) is 2.84. The second-order valence-electron chi connectivity index (χ2n) is 6.23. The minimum Gasteiger partial charge on any atom is -0.460 e. The van der Waals surface area contributed by atoms with E-state index in [0.717, 1.165) is 20.6 Å². The molecule has 134 valence electrons. The predicted molar refractivity (Wildman–Crippen MR) is 102 cm³/mol. The second-order valence-corrected chi connectivity index (χ2v) is 8.43. The van der Waals surface area contributed by atoms with E-state index in [1.54, 1.807) is 0 Å². The number of ether oxygens (including phenoxy) is 1. The van der Waals surface area contributed by atoms with Crippen molar-refractivity contribution in [1.29, 1.82) is 0 Å². The number of aromatic nitrogens is 2. The van der Waals surface area contributed by atoms with E-state index < -0.39 is 0 Å². The summed E-state index contributed by atoms with van der Waals surface area (Å²) in [7, 11) is 0. The number of rotatable bonds is 7. The van der Waals surface area contributed by atoms with Crippen LogP contribution in [-0.2, 0) is 16.1 Å². The van der Waals surface area contributed by atoms with E-state index in [1.807, 2.05) is 31.2 Å². The number of benzene rings is 1. The van der Waals surface area contributed by atoms with Gasteiger partial charge in [0.15, 0.2) is 4.34 Å².